The van der Waals surface area contributed by atoms with Gasteiger partial charge in [0.2, 0.25) is 0 Å². The van der Waals surface area contributed by atoms with Gasteiger partial charge in [0.05, 0.1) is 17.3 Å². The molecule has 6 nitrogen and oxygen atoms in total. The Morgan fingerprint density at radius 2 is 1.79 bits per heavy atom. The quantitative estimate of drug-likeness (QED) is 0.784. The molecule has 0 radical (unpaired) electrons. The fourth-order valence-electron chi connectivity index (χ4n) is 2.66. The van der Waals surface area contributed by atoms with E-state index in [9.17, 15) is 13.2 Å². The summed E-state index contributed by atoms with van der Waals surface area (Å²) in [5.74, 6) is -0.247. The van der Waals surface area contributed by atoms with Crippen LogP contribution in [0, 0.1) is 0 Å². The van der Waals surface area contributed by atoms with Gasteiger partial charge < -0.3 is 15.8 Å². The Labute approximate surface area is 149 Å². The van der Waals surface area contributed by atoms with E-state index in [1.54, 1.807) is 12.1 Å². The molecule has 1 saturated carbocycles. The van der Waals surface area contributed by atoms with E-state index in [0.29, 0.717) is 5.56 Å². The van der Waals surface area contributed by atoms with Crippen molar-refractivity contribution in [3.05, 3.63) is 29.8 Å². The van der Waals surface area contributed by atoms with Gasteiger partial charge in [-0.15, -0.1) is 12.4 Å². The number of hydrogen-bond acceptors (Lipinski definition) is 5. The van der Waals surface area contributed by atoms with Crippen LogP contribution in [0.4, 0.5) is 0 Å². The topological polar surface area (TPSA) is 98.5 Å². The molecule has 0 spiro atoms. The molecule has 24 heavy (non-hydrogen) atoms. The van der Waals surface area contributed by atoms with Gasteiger partial charge in [0.15, 0.2) is 9.84 Å². The molecule has 136 valence electrons. The maximum Gasteiger partial charge on any atom is 0.251 e. The number of ether oxygens (including phenoxy) is 1. The Morgan fingerprint density at radius 3 is 2.33 bits per heavy atom. The minimum atomic E-state index is -3.37. The van der Waals surface area contributed by atoms with E-state index in [1.807, 2.05) is 0 Å². The van der Waals surface area contributed by atoms with Crippen molar-refractivity contribution in [1.29, 1.82) is 0 Å². The number of hydrogen-bond donors (Lipinski definition) is 2. The van der Waals surface area contributed by atoms with E-state index >= 15 is 0 Å². The summed E-state index contributed by atoms with van der Waals surface area (Å²) in [4.78, 5) is 12.4. The van der Waals surface area contributed by atoms with Crippen molar-refractivity contribution in [2.45, 2.75) is 42.7 Å². The number of sulfone groups is 1. The van der Waals surface area contributed by atoms with Crippen LogP contribution in [0.25, 0.3) is 0 Å². The maximum atomic E-state index is 12.2. The summed E-state index contributed by atoms with van der Waals surface area (Å²) in [6.45, 7) is 0.147. The van der Waals surface area contributed by atoms with E-state index in [1.165, 1.54) is 19.2 Å². The Hall–Kier alpha value is -1.15. The molecule has 8 heteroatoms. The zero-order valence-electron chi connectivity index (χ0n) is 13.7. The van der Waals surface area contributed by atoms with Gasteiger partial charge >= 0.3 is 0 Å². The predicted octanol–water partition coefficient (Wildman–Crippen LogP) is 1.53. The summed E-state index contributed by atoms with van der Waals surface area (Å²) >= 11 is 0. The zero-order valence-corrected chi connectivity index (χ0v) is 15.4. The monoisotopic (exact) mass is 376 g/mol. The molecule has 0 heterocycles. The first kappa shape index (κ1) is 20.9. The number of carbonyl (C=O) groups is 1. The van der Waals surface area contributed by atoms with Gasteiger partial charge in [0, 0.05) is 24.8 Å². The van der Waals surface area contributed by atoms with Crippen LogP contribution >= 0.6 is 12.4 Å². The van der Waals surface area contributed by atoms with Crippen molar-refractivity contribution >= 4 is 28.2 Å². The lowest BCUT2D eigenvalue weighted by atomic mass is 9.91. The first-order valence-electron chi connectivity index (χ1n) is 7.80. The van der Waals surface area contributed by atoms with Gasteiger partial charge in [-0.1, -0.05) is 0 Å². The smallest absolute Gasteiger partial charge is 0.251 e. The summed E-state index contributed by atoms with van der Waals surface area (Å²) in [7, 11) is -1.91. The highest BCUT2D eigenvalue weighted by Gasteiger charge is 2.21. The van der Waals surface area contributed by atoms with Gasteiger partial charge in [-0.25, -0.2) is 8.42 Å². The Balaban J connectivity index is 0.00000288. The minimum absolute atomic E-state index is 0. The first-order valence-corrected chi connectivity index (χ1v) is 9.46. The predicted molar refractivity (Wildman–Crippen MR) is 95.3 cm³/mol. The number of rotatable bonds is 6. The molecule has 1 amide bonds. The highest BCUT2D eigenvalue weighted by Crippen LogP contribution is 2.18. The molecule has 0 unspecified atom stereocenters. The van der Waals surface area contributed by atoms with Crippen LogP contribution in [-0.4, -0.2) is 45.9 Å². The molecule has 0 bridgehead atoms. The second-order valence-electron chi connectivity index (χ2n) is 5.92. The third-order valence-electron chi connectivity index (χ3n) is 4.14. The summed E-state index contributed by atoms with van der Waals surface area (Å²) in [6, 6.07) is 6.41. The molecular weight excluding hydrogens is 352 g/mol. The maximum absolute atomic E-state index is 12.2. The molecule has 3 N–H and O–H groups in total. The second kappa shape index (κ2) is 9.36. The number of nitrogens with two attached hydrogens (primary N) is 1. The zero-order chi connectivity index (χ0) is 16.9. The number of amides is 1. The van der Waals surface area contributed by atoms with Crippen molar-refractivity contribution in [2.24, 2.45) is 5.73 Å². The normalized spacial score (nSPS) is 20.9. The highest BCUT2D eigenvalue weighted by molar-refractivity contribution is 7.91. The van der Waals surface area contributed by atoms with Crippen LogP contribution in [0.3, 0.4) is 0 Å². The van der Waals surface area contributed by atoms with Crippen molar-refractivity contribution < 1.29 is 17.9 Å². The highest BCUT2D eigenvalue weighted by atomic mass is 35.5. The molecule has 1 aromatic carbocycles. The van der Waals surface area contributed by atoms with E-state index in [-0.39, 0.29) is 47.7 Å². The van der Waals surface area contributed by atoms with Crippen LogP contribution < -0.4 is 11.1 Å². The molecule has 1 fully saturated rings. The van der Waals surface area contributed by atoms with Gasteiger partial charge in [-0.2, -0.15) is 0 Å². The van der Waals surface area contributed by atoms with E-state index in [2.05, 4.69) is 5.32 Å². The first-order chi connectivity index (χ1) is 10.9. The molecule has 0 aliphatic heterocycles. The molecule has 0 aromatic heterocycles. The van der Waals surface area contributed by atoms with E-state index in [4.69, 9.17) is 10.5 Å². The second-order valence-corrected chi connectivity index (χ2v) is 8.03. The number of nitrogens with one attached hydrogen (secondary N) is 1. The average Bonchev–Trinajstić information content (AvgIpc) is 2.55. The van der Waals surface area contributed by atoms with Crippen molar-refractivity contribution in [3.63, 3.8) is 0 Å². The SMILES string of the molecule is COCCS(=O)(=O)c1ccc(C(=O)NC2CCC(N)CC2)cc1.Cl. The van der Waals surface area contributed by atoms with Crippen molar-refractivity contribution in [1.82, 2.24) is 5.32 Å². The Kier molecular flexibility index (Phi) is 8.15. The minimum Gasteiger partial charge on any atom is -0.384 e. The molecular formula is C16H25ClN2O4S. The number of methoxy groups -OCH3 is 1. The molecule has 0 atom stereocenters. The van der Waals surface area contributed by atoms with Gasteiger partial charge in [0.25, 0.3) is 5.91 Å². The number of carbonyl (C=O) groups excluding carboxylic acids is 1. The summed E-state index contributed by atoms with van der Waals surface area (Å²) in [5.41, 5.74) is 6.32. The number of benzene rings is 1. The summed E-state index contributed by atoms with van der Waals surface area (Å²) < 4.78 is 28.9. The third kappa shape index (κ3) is 5.73. The van der Waals surface area contributed by atoms with Crippen LogP contribution in [0.2, 0.25) is 0 Å². The van der Waals surface area contributed by atoms with Crippen LogP contribution in [0.1, 0.15) is 36.0 Å². The van der Waals surface area contributed by atoms with Crippen molar-refractivity contribution in [2.75, 3.05) is 19.5 Å². The average molecular weight is 377 g/mol. The number of halogens is 1. The third-order valence-corrected chi connectivity index (χ3v) is 5.83. The van der Waals surface area contributed by atoms with Gasteiger partial charge in [-0.3, -0.25) is 4.79 Å². The van der Waals surface area contributed by atoms with E-state index in [0.717, 1.165) is 25.7 Å². The van der Waals surface area contributed by atoms with Crippen molar-refractivity contribution in [3.8, 4) is 0 Å². The van der Waals surface area contributed by atoms with E-state index < -0.39 is 9.84 Å². The Bertz CT molecular complexity index is 626. The standard InChI is InChI=1S/C16H24N2O4S.ClH/c1-22-10-11-23(20,21)15-8-2-12(3-9-15)16(19)18-14-6-4-13(17)5-7-14;/h2-3,8-9,13-14H,4-7,10-11,17H2,1H3,(H,18,19);1H. The summed E-state index contributed by atoms with van der Waals surface area (Å²) in [6.07, 6.45) is 3.61. The molecule has 1 aliphatic carbocycles. The fraction of sp³-hybridized carbons (Fsp3) is 0.562. The van der Waals surface area contributed by atoms with Crippen LogP contribution in [-0.2, 0) is 14.6 Å². The lowest BCUT2D eigenvalue weighted by Gasteiger charge is -2.26. The lowest BCUT2D eigenvalue weighted by molar-refractivity contribution is 0.0925. The lowest BCUT2D eigenvalue weighted by Crippen LogP contribution is -2.40. The van der Waals surface area contributed by atoms with Gasteiger partial charge in [-0.05, 0) is 49.9 Å². The van der Waals surface area contributed by atoms with Crippen LogP contribution in [0.15, 0.2) is 29.2 Å². The summed E-state index contributed by atoms with van der Waals surface area (Å²) in [5, 5.41) is 2.98. The molecule has 2 rings (SSSR count). The molecule has 1 aromatic rings. The Morgan fingerprint density at radius 1 is 1.21 bits per heavy atom. The molecule has 0 saturated heterocycles. The molecule has 1 aliphatic rings. The fourth-order valence-corrected chi connectivity index (χ4v) is 3.83. The largest absolute Gasteiger partial charge is 0.384 e. The van der Waals surface area contributed by atoms with Crippen LogP contribution in [0.5, 0.6) is 0 Å². The van der Waals surface area contributed by atoms with Gasteiger partial charge in [0.1, 0.15) is 0 Å².